The van der Waals surface area contributed by atoms with Crippen LogP contribution in [0.4, 0.5) is 0 Å². The van der Waals surface area contributed by atoms with Crippen molar-refractivity contribution in [3.05, 3.63) is 35.9 Å². The van der Waals surface area contributed by atoms with Crippen molar-refractivity contribution in [3.63, 3.8) is 0 Å². The van der Waals surface area contributed by atoms with E-state index in [2.05, 4.69) is 103 Å². The van der Waals surface area contributed by atoms with Gasteiger partial charge in [0.1, 0.15) is 0 Å². The van der Waals surface area contributed by atoms with Crippen LogP contribution in [0, 0.1) is 16.2 Å². The molecule has 1 aromatic carbocycles. The molecule has 0 amide bonds. The van der Waals surface area contributed by atoms with Gasteiger partial charge in [0.05, 0.1) is 0 Å². The van der Waals surface area contributed by atoms with Crippen LogP contribution in [-0.2, 0) is 14.7 Å². The molecule has 0 fully saturated rings. The third kappa shape index (κ3) is 9.86. The fraction of sp³-hybridized carbons (Fsp3) is 0.700. The third-order valence-corrected chi connectivity index (χ3v) is 4.58. The molecule has 0 spiro atoms. The average molecular weight is 496 g/mol. The van der Waals surface area contributed by atoms with E-state index in [1.165, 1.54) is 5.56 Å². The summed E-state index contributed by atoms with van der Waals surface area (Å²) < 4.78 is 24.4. The van der Waals surface area contributed by atoms with Crippen LogP contribution in [-0.4, -0.2) is 17.3 Å². The maximum atomic E-state index is 8.95. The average Bonchev–Trinajstić information content (AvgIpc) is 2.31. The van der Waals surface area contributed by atoms with Gasteiger partial charge >= 0.3 is 9.33 Å². The van der Waals surface area contributed by atoms with Crippen molar-refractivity contribution in [1.29, 1.82) is 0 Å². The SMILES string of the molecule is CC(C)(C)C(c1ccccc1)(C(C)(C)C)C(C)(C)C.ClC(Cl)Cl.O=S(=O)(O)Cl. The van der Waals surface area contributed by atoms with Gasteiger partial charge in [-0.1, -0.05) is 127 Å². The maximum absolute atomic E-state index is 8.95. The van der Waals surface area contributed by atoms with Crippen LogP contribution in [0.5, 0.6) is 0 Å². The quantitative estimate of drug-likeness (QED) is 0.243. The molecule has 8 heteroatoms. The minimum absolute atomic E-state index is 0.105. The Morgan fingerprint density at radius 1 is 0.750 bits per heavy atom. The molecule has 1 aromatic rings. The summed E-state index contributed by atoms with van der Waals surface area (Å²) in [5.74, 6) is 0. The molecule has 0 saturated carbocycles. The normalized spacial score (nSPS) is 13.2. The monoisotopic (exact) mass is 494 g/mol. The Balaban J connectivity index is 0. The fourth-order valence-corrected chi connectivity index (χ4v) is 5.36. The minimum Gasteiger partial charge on any atom is -0.273 e. The van der Waals surface area contributed by atoms with E-state index in [1.54, 1.807) is 0 Å². The van der Waals surface area contributed by atoms with Gasteiger partial charge in [0, 0.05) is 16.1 Å². The van der Waals surface area contributed by atoms with Gasteiger partial charge in [0.15, 0.2) is 4.30 Å². The van der Waals surface area contributed by atoms with E-state index in [0.717, 1.165) is 0 Å². The Morgan fingerprint density at radius 3 is 1.14 bits per heavy atom. The molecule has 166 valence electrons. The van der Waals surface area contributed by atoms with Crippen molar-refractivity contribution in [2.24, 2.45) is 16.2 Å². The van der Waals surface area contributed by atoms with Gasteiger partial charge in [0.25, 0.3) is 0 Å². The summed E-state index contributed by atoms with van der Waals surface area (Å²) >= 11 is 14.4. The fourth-order valence-electron chi connectivity index (χ4n) is 5.36. The largest absolute Gasteiger partial charge is 0.353 e. The first-order valence-corrected chi connectivity index (χ1v) is 12.3. The van der Waals surface area contributed by atoms with Gasteiger partial charge < -0.3 is 0 Å². The third-order valence-electron chi connectivity index (χ3n) is 4.58. The molecule has 1 rings (SSSR count). The van der Waals surface area contributed by atoms with Crippen molar-refractivity contribution in [2.75, 3.05) is 0 Å². The molecule has 0 aliphatic rings. The molecule has 0 atom stereocenters. The molecule has 0 aliphatic heterocycles. The molecular weight excluding hydrogens is 462 g/mol. The number of hydrogen-bond donors (Lipinski definition) is 1. The van der Waals surface area contributed by atoms with Gasteiger partial charge in [-0.15, -0.1) is 0 Å². The number of benzene rings is 1. The number of alkyl halides is 3. The van der Waals surface area contributed by atoms with Crippen LogP contribution in [0.2, 0.25) is 0 Å². The zero-order chi connectivity index (χ0) is 23.2. The second-order valence-corrected chi connectivity index (χ2v) is 13.5. The molecule has 0 saturated heterocycles. The lowest BCUT2D eigenvalue weighted by Gasteiger charge is -2.61. The van der Waals surface area contributed by atoms with E-state index in [4.69, 9.17) is 47.8 Å². The standard InChI is InChI=1S/C19H32.CHCl3.ClHO3S/c1-16(2,3)19(17(4,5)6,18(7,8)9)15-13-11-10-12-14-15;2-1(3)4;1-5(2,3)4/h10-14H,1-9H3;1H;(H,2,3,4). The lowest BCUT2D eigenvalue weighted by Crippen LogP contribution is -2.58. The van der Waals surface area contributed by atoms with Crippen molar-refractivity contribution < 1.29 is 13.0 Å². The summed E-state index contributed by atoms with van der Waals surface area (Å²) in [4.78, 5) is 0. The summed E-state index contributed by atoms with van der Waals surface area (Å²) in [6.07, 6.45) is 0. The Kier molecular flexibility index (Phi) is 12.0. The number of halogens is 4. The van der Waals surface area contributed by atoms with Crippen LogP contribution < -0.4 is 0 Å². The molecule has 0 unspecified atom stereocenters. The van der Waals surface area contributed by atoms with Crippen LogP contribution in [0.1, 0.15) is 67.9 Å². The molecule has 1 N–H and O–H groups in total. The summed E-state index contributed by atoms with van der Waals surface area (Å²) in [6.45, 7) is 21.5. The maximum Gasteiger partial charge on any atom is 0.353 e. The Morgan fingerprint density at radius 2 is 0.964 bits per heavy atom. The molecule has 3 nitrogen and oxygen atoms in total. The first kappa shape index (κ1) is 30.5. The zero-order valence-electron chi connectivity index (χ0n) is 18.1. The van der Waals surface area contributed by atoms with Gasteiger partial charge in [-0.2, -0.15) is 8.42 Å². The zero-order valence-corrected chi connectivity index (χ0v) is 22.0. The van der Waals surface area contributed by atoms with Gasteiger partial charge in [-0.25, -0.2) is 0 Å². The predicted octanol–water partition coefficient (Wildman–Crippen LogP) is 8.08. The molecule has 0 heterocycles. The highest BCUT2D eigenvalue weighted by Crippen LogP contribution is 2.62. The highest BCUT2D eigenvalue weighted by atomic mass is 35.7. The molecule has 0 aliphatic carbocycles. The van der Waals surface area contributed by atoms with Crippen molar-refractivity contribution >= 4 is 54.8 Å². The van der Waals surface area contributed by atoms with E-state index in [1.807, 2.05) is 0 Å². The Bertz CT molecular complexity index is 621. The first-order valence-electron chi connectivity index (χ1n) is 8.74. The highest BCUT2D eigenvalue weighted by molar-refractivity contribution is 8.09. The molecule has 28 heavy (non-hydrogen) atoms. The second kappa shape index (κ2) is 11.1. The summed E-state index contributed by atoms with van der Waals surface area (Å²) in [7, 11) is -0.137. The van der Waals surface area contributed by atoms with E-state index in [0.29, 0.717) is 0 Å². The lowest BCUT2D eigenvalue weighted by atomic mass is 9.42. The molecule has 0 radical (unpaired) electrons. The lowest BCUT2D eigenvalue weighted by molar-refractivity contribution is -0.0443. The Hall–Kier alpha value is 0.290. The molecule has 0 aromatic heterocycles. The predicted molar refractivity (Wildman–Crippen MR) is 125 cm³/mol. The topological polar surface area (TPSA) is 54.4 Å². The Labute approximate surface area is 191 Å². The second-order valence-electron chi connectivity index (χ2n) is 9.53. The van der Waals surface area contributed by atoms with Gasteiger partial charge in [-0.05, 0) is 21.8 Å². The highest BCUT2D eigenvalue weighted by Gasteiger charge is 2.58. The van der Waals surface area contributed by atoms with E-state index < -0.39 is 13.6 Å². The first-order chi connectivity index (χ1) is 12.1. The van der Waals surface area contributed by atoms with Crippen molar-refractivity contribution in [2.45, 2.75) is 72.0 Å². The molecular formula is C20H34Cl4O3S. The van der Waals surface area contributed by atoms with E-state index in [-0.39, 0.29) is 21.7 Å². The molecule has 0 bridgehead atoms. The van der Waals surface area contributed by atoms with Crippen LogP contribution in [0.15, 0.2) is 30.3 Å². The van der Waals surface area contributed by atoms with Crippen LogP contribution >= 0.6 is 45.5 Å². The summed E-state index contributed by atoms with van der Waals surface area (Å²) in [5.41, 5.74) is 2.12. The minimum atomic E-state index is -4.19. The summed E-state index contributed by atoms with van der Waals surface area (Å²) in [5, 5.41) is 0. The van der Waals surface area contributed by atoms with Crippen molar-refractivity contribution in [1.82, 2.24) is 0 Å². The van der Waals surface area contributed by atoms with Crippen LogP contribution in [0.25, 0.3) is 0 Å². The van der Waals surface area contributed by atoms with Gasteiger partial charge in [0.2, 0.25) is 0 Å². The van der Waals surface area contributed by atoms with E-state index >= 15 is 0 Å². The summed E-state index contributed by atoms with van der Waals surface area (Å²) in [6, 6.07) is 11.1. The number of hydrogen-bond acceptors (Lipinski definition) is 2. The van der Waals surface area contributed by atoms with Gasteiger partial charge in [-0.3, -0.25) is 4.55 Å². The smallest absolute Gasteiger partial charge is 0.273 e. The van der Waals surface area contributed by atoms with E-state index in [9.17, 15) is 0 Å². The number of rotatable bonds is 1. The van der Waals surface area contributed by atoms with Crippen LogP contribution in [0.3, 0.4) is 0 Å². The van der Waals surface area contributed by atoms with Crippen molar-refractivity contribution in [3.8, 4) is 0 Å².